The highest BCUT2D eigenvalue weighted by Gasteiger charge is 2.26. The van der Waals surface area contributed by atoms with Crippen molar-refractivity contribution in [1.82, 2.24) is 4.90 Å². The number of halogens is 1. The summed E-state index contributed by atoms with van der Waals surface area (Å²) in [5.41, 5.74) is 0. The number of ether oxygens (including phenoxy) is 3. The molecule has 1 aromatic carbocycles. The predicted octanol–water partition coefficient (Wildman–Crippen LogP) is 2.12. The van der Waals surface area contributed by atoms with Crippen molar-refractivity contribution in [3.05, 3.63) is 17.9 Å². The molecule has 0 radical (unpaired) electrons. The first-order chi connectivity index (χ1) is 11.6. The summed E-state index contributed by atoms with van der Waals surface area (Å²) in [7, 11) is 0. The third-order valence-electron chi connectivity index (χ3n) is 3.39. The van der Waals surface area contributed by atoms with Gasteiger partial charge in [0.05, 0.1) is 5.48 Å². The van der Waals surface area contributed by atoms with Crippen LogP contribution in [0.4, 0.5) is 9.18 Å². The van der Waals surface area contributed by atoms with Crippen molar-refractivity contribution in [2.45, 2.75) is 18.9 Å². The van der Waals surface area contributed by atoms with Crippen LogP contribution in [0, 0.1) is 5.82 Å². The van der Waals surface area contributed by atoms with Gasteiger partial charge in [-0.2, -0.15) is 4.39 Å². The van der Waals surface area contributed by atoms with Crippen LogP contribution < -0.4 is 14.2 Å². The monoisotopic (exact) mass is 301 g/mol. The lowest BCUT2D eigenvalue weighted by atomic mass is 10.1. The smallest absolute Gasteiger partial charge is 0.407 e. The van der Waals surface area contributed by atoms with Gasteiger partial charge in [0, 0.05) is 25.9 Å². The Kier molecular flexibility index (Phi) is 2.62. The summed E-state index contributed by atoms with van der Waals surface area (Å²) >= 11 is 0. The zero-order valence-corrected chi connectivity index (χ0v) is 11.0. The summed E-state index contributed by atoms with van der Waals surface area (Å²) in [5.74, 6) is -1.99. The van der Waals surface area contributed by atoms with Gasteiger partial charge in [-0.25, -0.2) is 4.79 Å². The minimum absolute atomic E-state index is 0.186. The molecule has 0 atom stereocenters. The summed E-state index contributed by atoms with van der Waals surface area (Å²) in [6.07, 6.45) is -0.621. The van der Waals surface area contributed by atoms with Gasteiger partial charge >= 0.3 is 6.09 Å². The number of hydrogen-bond acceptors (Lipinski definition) is 4. The molecule has 2 aliphatic heterocycles. The summed E-state index contributed by atoms with van der Waals surface area (Å²) in [4.78, 5) is 12.1. The Balaban J connectivity index is 1.76. The number of fused-ring (bicyclic) bond motifs is 1. The molecular formula is C14H16FNO5. The third kappa shape index (κ3) is 2.81. The third-order valence-corrected chi connectivity index (χ3v) is 3.39. The molecule has 0 spiro atoms. The highest BCUT2D eigenvalue weighted by Crippen LogP contribution is 2.38. The van der Waals surface area contributed by atoms with Crippen molar-refractivity contribution < 1.29 is 34.0 Å². The lowest BCUT2D eigenvalue weighted by Gasteiger charge is -2.30. The van der Waals surface area contributed by atoms with Crippen LogP contribution in [0.5, 0.6) is 17.2 Å². The van der Waals surface area contributed by atoms with Gasteiger partial charge in [0.15, 0.2) is 11.5 Å². The predicted molar refractivity (Wildman–Crippen MR) is 70.6 cm³/mol. The van der Waals surface area contributed by atoms with Gasteiger partial charge in [-0.15, -0.1) is 0 Å². The van der Waals surface area contributed by atoms with E-state index >= 15 is 0 Å². The van der Waals surface area contributed by atoms with E-state index in [1.807, 2.05) is 0 Å². The van der Waals surface area contributed by atoms with E-state index in [1.165, 1.54) is 17.0 Å². The van der Waals surface area contributed by atoms with Crippen molar-refractivity contribution >= 4 is 6.09 Å². The van der Waals surface area contributed by atoms with Crippen LogP contribution in [0.15, 0.2) is 12.1 Å². The number of amides is 1. The molecule has 3 rings (SSSR count). The van der Waals surface area contributed by atoms with Gasteiger partial charge in [-0.3, -0.25) is 0 Å². The molecule has 0 aliphatic carbocycles. The second kappa shape index (κ2) is 5.67. The first-order valence-electron chi connectivity index (χ1n) is 8.46. The molecule has 0 bridgehead atoms. The van der Waals surface area contributed by atoms with Gasteiger partial charge < -0.3 is 24.2 Å². The average molecular weight is 301 g/mol. The number of carbonyl (C=O) groups is 1. The molecule has 7 heteroatoms. The molecule has 6 nitrogen and oxygen atoms in total. The van der Waals surface area contributed by atoms with Gasteiger partial charge in [0.25, 0.3) is 0 Å². The Bertz CT molecular complexity index is 694. The first-order valence-corrected chi connectivity index (χ1v) is 6.46. The standard InChI is InChI=1S/C14H16FNO5/c15-12-10(1-2-11-13(12)20-8-7-19-11)21-9-3-5-16(6-4-9)14(17)18/h1-2,9H,3-8H2,(H,17,18)/i7D2,8D2. The van der Waals surface area contributed by atoms with Crippen LogP contribution >= 0.6 is 0 Å². The van der Waals surface area contributed by atoms with Crippen molar-refractivity contribution in [3.63, 3.8) is 0 Å². The lowest BCUT2D eigenvalue weighted by molar-refractivity contribution is 0.0859. The Morgan fingerprint density at radius 3 is 2.81 bits per heavy atom. The van der Waals surface area contributed by atoms with E-state index in [-0.39, 0.29) is 24.6 Å². The Labute approximate surface area is 126 Å². The molecule has 1 saturated heterocycles. The van der Waals surface area contributed by atoms with E-state index < -0.39 is 36.9 Å². The second-order valence-electron chi connectivity index (χ2n) is 4.70. The summed E-state index contributed by atoms with van der Waals surface area (Å²) in [5, 5.41) is 8.91. The highest BCUT2D eigenvalue weighted by molar-refractivity contribution is 5.65. The molecule has 0 saturated carbocycles. The number of carboxylic acid groups (broad SMARTS) is 1. The largest absolute Gasteiger partial charge is 0.487 e. The fourth-order valence-electron chi connectivity index (χ4n) is 2.28. The Morgan fingerprint density at radius 1 is 1.38 bits per heavy atom. The molecular weight excluding hydrogens is 281 g/mol. The maximum atomic E-state index is 14.6. The van der Waals surface area contributed by atoms with Crippen molar-refractivity contribution in [2.75, 3.05) is 26.2 Å². The minimum Gasteiger partial charge on any atom is -0.487 e. The molecule has 2 heterocycles. The maximum absolute atomic E-state index is 14.6. The van der Waals surface area contributed by atoms with Crippen molar-refractivity contribution in [1.29, 1.82) is 0 Å². The van der Waals surface area contributed by atoms with E-state index in [4.69, 9.17) is 24.8 Å². The van der Waals surface area contributed by atoms with E-state index in [0.717, 1.165) is 0 Å². The zero-order valence-electron chi connectivity index (χ0n) is 15.0. The molecule has 21 heavy (non-hydrogen) atoms. The quantitative estimate of drug-likeness (QED) is 0.906. The van der Waals surface area contributed by atoms with Crippen LogP contribution in [-0.4, -0.2) is 48.4 Å². The number of benzene rings is 1. The number of rotatable bonds is 2. The van der Waals surface area contributed by atoms with Crippen molar-refractivity contribution in [3.8, 4) is 17.2 Å². The molecule has 1 fully saturated rings. The van der Waals surface area contributed by atoms with Gasteiger partial charge in [0.2, 0.25) is 11.6 Å². The fourth-order valence-corrected chi connectivity index (χ4v) is 2.28. The number of nitrogens with zero attached hydrogens (tertiary/aromatic N) is 1. The fraction of sp³-hybridized carbons (Fsp3) is 0.500. The van der Waals surface area contributed by atoms with E-state index in [1.54, 1.807) is 0 Å². The number of hydrogen-bond donors (Lipinski definition) is 1. The number of piperidine rings is 1. The lowest BCUT2D eigenvalue weighted by Crippen LogP contribution is -2.41. The molecule has 1 aromatic rings. The van der Waals surface area contributed by atoms with Crippen LogP contribution in [0.25, 0.3) is 0 Å². The topological polar surface area (TPSA) is 68.2 Å². The van der Waals surface area contributed by atoms with E-state index in [0.29, 0.717) is 12.8 Å². The molecule has 1 amide bonds. The molecule has 0 aromatic heterocycles. The normalized spacial score (nSPS) is 26.0. The van der Waals surface area contributed by atoms with Crippen LogP contribution in [-0.2, 0) is 0 Å². The molecule has 2 aliphatic rings. The van der Waals surface area contributed by atoms with Crippen LogP contribution in [0.1, 0.15) is 18.3 Å². The summed E-state index contributed by atoms with van der Waals surface area (Å²) in [6, 6.07) is 2.49. The van der Waals surface area contributed by atoms with Crippen LogP contribution in [0.3, 0.4) is 0 Å². The Morgan fingerprint density at radius 2 is 2.10 bits per heavy atom. The first kappa shape index (κ1) is 9.70. The summed E-state index contributed by atoms with van der Waals surface area (Å²) < 4.78 is 59.8. The highest BCUT2D eigenvalue weighted by atomic mass is 19.1. The minimum atomic E-state index is -2.87. The van der Waals surface area contributed by atoms with Crippen LogP contribution in [0.2, 0.25) is 0 Å². The number of likely N-dealkylation sites (tertiary alicyclic amines) is 1. The summed E-state index contributed by atoms with van der Waals surface area (Å²) in [6.45, 7) is -5.09. The second-order valence-corrected chi connectivity index (χ2v) is 4.70. The Hall–Kier alpha value is -2.18. The SMILES string of the molecule is [2H]C1([2H])Oc2ccc(OC3CCN(C(=O)O)CC3)c(F)c2OC1([2H])[2H]. The molecule has 1 N–H and O–H groups in total. The van der Waals surface area contributed by atoms with Gasteiger partial charge in [-0.1, -0.05) is 0 Å². The van der Waals surface area contributed by atoms with E-state index in [2.05, 4.69) is 0 Å². The molecule has 0 unspecified atom stereocenters. The molecule has 114 valence electrons. The average Bonchev–Trinajstić information content (AvgIpc) is 2.52. The van der Waals surface area contributed by atoms with Gasteiger partial charge in [-0.05, 0) is 12.1 Å². The zero-order chi connectivity index (χ0) is 18.4. The van der Waals surface area contributed by atoms with Crippen molar-refractivity contribution in [2.24, 2.45) is 0 Å². The van der Waals surface area contributed by atoms with Gasteiger partial charge in [0.1, 0.15) is 19.2 Å². The maximum Gasteiger partial charge on any atom is 0.407 e. The van der Waals surface area contributed by atoms with E-state index in [9.17, 15) is 9.18 Å².